The smallest absolute Gasteiger partial charge is 0.408 e. The number of benzene rings is 3. The number of fused-ring (bicyclic) bond motifs is 2. The molecule has 0 aromatic heterocycles. The van der Waals surface area contributed by atoms with Crippen molar-refractivity contribution in [3.05, 3.63) is 101 Å². The Morgan fingerprint density at radius 2 is 1.69 bits per heavy atom. The van der Waals surface area contributed by atoms with Gasteiger partial charge in [0.2, 0.25) is 17.7 Å². The molecule has 4 rings (SSSR count). The van der Waals surface area contributed by atoms with E-state index in [9.17, 15) is 19.2 Å². The van der Waals surface area contributed by atoms with Gasteiger partial charge < -0.3 is 30.3 Å². The largest absolute Gasteiger partial charge is 0.492 e. The third kappa shape index (κ3) is 10.7. The topological polar surface area (TPSA) is 126 Å². The van der Waals surface area contributed by atoms with Gasteiger partial charge in [-0.3, -0.25) is 14.4 Å². The molecule has 3 N–H and O–H groups in total. The molecule has 45 heavy (non-hydrogen) atoms. The Kier molecular flexibility index (Phi) is 12.4. The average Bonchev–Trinajstić information content (AvgIpc) is 3.05. The molecule has 238 valence electrons. The number of likely N-dealkylation sites (N-methyl/N-ethyl adjacent to an activating group) is 1. The van der Waals surface area contributed by atoms with Crippen molar-refractivity contribution in [3.8, 4) is 5.75 Å². The standard InChI is InChI=1S/C35H42N4O6/c1-25-16-18-29-22-28(25)23-36-33(41)31(19-17-26-10-5-3-6-11-26)37-34(42)30(14-9-15-32(40)39(2)20-21-44-29)38-35(43)45-24-27-12-7-4-8-13-27/h3-8,10-13,16,18,22,30-31H,9,14-15,17,19-21,23-24H2,1-2H3,(H,36,41)(H,37,42)(H,38,43)/t30-,31-/m0/s1. The summed E-state index contributed by atoms with van der Waals surface area (Å²) < 4.78 is 11.3. The molecular formula is C35H42N4O6. The van der Waals surface area contributed by atoms with E-state index in [-0.39, 0.29) is 37.8 Å². The van der Waals surface area contributed by atoms with Crippen LogP contribution in [0.4, 0.5) is 4.79 Å². The van der Waals surface area contributed by atoms with Crippen molar-refractivity contribution in [2.75, 3.05) is 20.2 Å². The van der Waals surface area contributed by atoms with Gasteiger partial charge in [-0.15, -0.1) is 0 Å². The zero-order chi connectivity index (χ0) is 32.0. The third-order valence-electron chi connectivity index (χ3n) is 7.80. The fraction of sp³-hybridized carbons (Fsp3) is 0.371. The Morgan fingerprint density at radius 1 is 0.978 bits per heavy atom. The first-order chi connectivity index (χ1) is 21.8. The van der Waals surface area contributed by atoms with Crippen LogP contribution in [0, 0.1) is 6.92 Å². The number of rotatable bonds is 6. The first-order valence-corrected chi connectivity index (χ1v) is 15.3. The van der Waals surface area contributed by atoms with E-state index in [4.69, 9.17) is 9.47 Å². The molecule has 1 heterocycles. The van der Waals surface area contributed by atoms with E-state index in [0.717, 1.165) is 22.3 Å². The van der Waals surface area contributed by atoms with Gasteiger partial charge in [-0.05, 0) is 67.0 Å². The summed E-state index contributed by atoms with van der Waals surface area (Å²) in [6.45, 7) is 2.92. The van der Waals surface area contributed by atoms with Crippen LogP contribution in [-0.4, -0.2) is 61.0 Å². The predicted octanol–water partition coefficient (Wildman–Crippen LogP) is 4.04. The molecule has 0 unspecified atom stereocenters. The van der Waals surface area contributed by atoms with Gasteiger partial charge in [-0.25, -0.2) is 4.79 Å². The predicted molar refractivity (Wildman–Crippen MR) is 170 cm³/mol. The number of hydrogen-bond donors (Lipinski definition) is 3. The van der Waals surface area contributed by atoms with Crippen molar-refractivity contribution in [1.82, 2.24) is 20.9 Å². The maximum absolute atomic E-state index is 13.7. The summed E-state index contributed by atoms with van der Waals surface area (Å²) in [4.78, 5) is 54.4. The number of ether oxygens (including phenoxy) is 2. The number of carbonyl (C=O) groups is 4. The first kappa shape index (κ1) is 33.0. The summed E-state index contributed by atoms with van der Waals surface area (Å²) in [6.07, 6.45) is 0.829. The minimum atomic E-state index is -1.01. The summed E-state index contributed by atoms with van der Waals surface area (Å²) in [5.74, 6) is -0.314. The fourth-order valence-corrected chi connectivity index (χ4v) is 4.98. The van der Waals surface area contributed by atoms with E-state index in [0.29, 0.717) is 38.2 Å². The summed E-state index contributed by atoms with van der Waals surface area (Å²) >= 11 is 0. The maximum atomic E-state index is 13.7. The SMILES string of the molecule is Cc1ccc2cc1CNC(=O)[C@H](CCc1ccccc1)NC(=O)[C@@H](NC(=O)OCc1ccccc1)CCCC(=O)N(C)CCO2. The van der Waals surface area contributed by atoms with E-state index in [1.54, 1.807) is 11.9 Å². The molecule has 4 amide bonds. The van der Waals surface area contributed by atoms with E-state index >= 15 is 0 Å². The molecule has 0 spiro atoms. The van der Waals surface area contributed by atoms with Crippen molar-refractivity contribution in [2.45, 2.75) is 64.3 Å². The highest BCUT2D eigenvalue weighted by molar-refractivity contribution is 5.91. The van der Waals surface area contributed by atoms with Crippen molar-refractivity contribution in [2.24, 2.45) is 0 Å². The fourth-order valence-electron chi connectivity index (χ4n) is 4.98. The minimum Gasteiger partial charge on any atom is -0.492 e. The van der Waals surface area contributed by atoms with Gasteiger partial charge in [0.05, 0.1) is 6.54 Å². The number of amides is 4. The highest BCUT2D eigenvalue weighted by Gasteiger charge is 2.28. The number of nitrogens with one attached hydrogen (secondary N) is 3. The van der Waals surface area contributed by atoms with Gasteiger partial charge in [-0.1, -0.05) is 66.7 Å². The lowest BCUT2D eigenvalue weighted by Crippen LogP contribution is -2.54. The van der Waals surface area contributed by atoms with Gasteiger partial charge in [0, 0.05) is 20.0 Å². The summed E-state index contributed by atoms with van der Waals surface area (Å²) in [5.41, 5.74) is 3.69. The Labute approximate surface area is 264 Å². The Bertz CT molecular complexity index is 1430. The monoisotopic (exact) mass is 614 g/mol. The molecule has 1 aliphatic heterocycles. The summed E-state index contributed by atoms with van der Waals surface area (Å²) in [5, 5.41) is 8.50. The van der Waals surface area contributed by atoms with Crippen LogP contribution in [-0.2, 0) is 38.7 Å². The molecule has 0 fully saturated rings. The lowest BCUT2D eigenvalue weighted by molar-refractivity contribution is -0.131. The quantitative estimate of drug-likeness (QED) is 0.385. The van der Waals surface area contributed by atoms with Crippen LogP contribution in [0.15, 0.2) is 78.9 Å². The Morgan fingerprint density at radius 3 is 2.42 bits per heavy atom. The summed E-state index contributed by atoms with van der Waals surface area (Å²) in [7, 11) is 1.71. The highest BCUT2D eigenvalue weighted by atomic mass is 16.5. The maximum Gasteiger partial charge on any atom is 0.408 e. The molecule has 10 heteroatoms. The van der Waals surface area contributed by atoms with Crippen LogP contribution in [0.1, 0.15) is 47.9 Å². The normalized spacial score (nSPS) is 18.4. The Balaban J connectivity index is 1.53. The van der Waals surface area contributed by atoms with Crippen LogP contribution >= 0.6 is 0 Å². The highest BCUT2D eigenvalue weighted by Crippen LogP contribution is 2.18. The average molecular weight is 615 g/mol. The van der Waals surface area contributed by atoms with Gasteiger partial charge in [0.25, 0.3) is 0 Å². The van der Waals surface area contributed by atoms with Gasteiger partial charge in [0.15, 0.2) is 0 Å². The van der Waals surface area contributed by atoms with Gasteiger partial charge in [0.1, 0.15) is 31.0 Å². The first-order valence-electron chi connectivity index (χ1n) is 15.3. The van der Waals surface area contributed by atoms with Crippen molar-refractivity contribution >= 4 is 23.8 Å². The number of alkyl carbamates (subject to hydrolysis) is 1. The molecule has 0 radical (unpaired) electrons. The molecule has 0 saturated heterocycles. The van der Waals surface area contributed by atoms with Crippen LogP contribution in [0.5, 0.6) is 5.75 Å². The molecular weight excluding hydrogens is 572 g/mol. The molecule has 2 atom stereocenters. The van der Waals surface area contributed by atoms with E-state index < -0.39 is 24.1 Å². The van der Waals surface area contributed by atoms with E-state index in [1.807, 2.05) is 85.8 Å². The minimum absolute atomic E-state index is 0.0368. The molecule has 2 bridgehead atoms. The van der Waals surface area contributed by atoms with Crippen LogP contribution < -0.4 is 20.7 Å². The summed E-state index contributed by atoms with van der Waals surface area (Å²) in [6, 6.07) is 22.7. The zero-order valence-electron chi connectivity index (χ0n) is 25.9. The van der Waals surface area contributed by atoms with E-state index in [1.165, 1.54) is 0 Å². The molecule has 3 aromatic carbocycles. The lowest BCUT2D eigenvalue weighted by Gasteiger charge is -2.24. The van der Waals surface area contributed by atoms with E-state index in [2.05, 4.69) is 16.0 Å². The second-order valence-corrected chi connectivity index (χ2v) is 11.2. The molecule has 0 saturated carbocycles. The second kappa shape index (κ2) is 16.8. The number of hydrogen-bond acceptors (Lipinski definition) is 6. The zero-order valence-corrected chi connectivity index (χ0v) is 25.9. The molecule has 0 aliphatic carbocycles. The van der Waals surface area contributed by atoms with Crippen molar-refractivity contribution < 1.29 is 28.7 Å². The number of nitrogens with zero attached hydrogens (tertiary/aromatic N) is 1. The van der Waals surface area contributed by atoms with Crippen molar-refractivity contribution in [1.29, 1.82) is 0 Å². The van der Waals surface area contributed by atoms with Crippen LogP contribution in [0.25, 0.3) is 0 Å². The molecule has 3 aromatic rings. The van der Waals surface area contributed by atoms with Gasteiger partial charge in [-0.2, -0.15) is 0 Å². The lowest BCUT2D eigenvalue weighted by atomic mass is 10.0. The Hall–Kier alpha value is -4.86. The number of carbonyl (C=O) groups excluding carboxylic acids is 4. The van der Waals surface area contributed by atoms with Crippen molar-refractivity contribution in [3.63, 3.8) is 0 Å². The molecule has 1 aliphatic rings. The third-order valence-corrected chi connectivity index (χ3v) is 7.80. The number of aryl methyl sites for hydroxylation is 2. The van der Waals surface area contributed by atoms with Gasteiger partial charge >= 0.3 is 6.09 Å². The van der Waals surface area contributed by atoms with Crippen LogP contribution in [0.3, 0.4) is 0 Å². The van der Waals surface area contributed by atoms with Crippen LogP contribution in [0.2, 0.25) is 0 Å². The molecule has 10 nitrogen and oxygen atoms in total. The second-order valence-electron chi connectivity index (χ2n) is 11.2.